The second kappa shape index (κ2) is 7.12. The van der Waals surface area contributed by atoms with E-state index in [-0.39, 0.29) is 18.2 Å². The molecule has 0 spiro atoms. The van der Waals surface area contributed by atoms with Crippen molar-refractivity contribution in [2.45, 2.75) is 45.8 Å². The summed E-state index contributed by atoms with van der Waals surface area (Å²) in [5.74, 6) is 0.465. The number of hydrogen-bond acceptors (Lipinski definition) is 2. The van der Waals surface area contributed by atoms with Crippen molar-refractivity contribution in [1.29, 1.82) is 0 Å². The number of rotatable bonds is 5. The molecule has 5 heteroatoms. The van der Waals surface area contributed by atoms with Gasteiger partial charge in [0.2, 0.25) is 0 Å². The number of benzene rings is 1. The van der Waals surface area contributed by atoms with Crippen molar-refractivity contribution in [1.82, 2.24) is 5.32 Å². The average Bonchev–Trinajstić information content (AvgIpc) is 2.35. The van der Waals surface area contributed by atoms with Crippen molar-refractivity contribution in [3.63, 3.8) is 0 Å². The van der Waals surface area contributed by atoms with Crippen LogP contribution in [0.2, 0.25) is 0 Å². The van der Waals surface area contributed by atoms with Gasteiger partial charge in [0, 0.05) is 5.54 Å². The smallest absolute Gasteiger partial charge is 0.319 e. The number of urea groups is 1. The lowest BCUT2D eigenvalue weighted by atomic mass is 10.1. The van der Waals surface area contributed by atoms with Gasteiger partial charge < -0.3 is 15.4 Å². The molecule has 1 aromatic carbocycles. The van der Waals surface area contributed by atoms with Gasteiger partial charge in [-0.15, -0.1) is 0 Å². The fourth-order valence-electron chi connectivity index (χ4n) is 1.49. The predicted molar refractivity (Wildman–Crippen MR) is 79.0 cm³/mol. The highest BCUT2D eigenvalue weighted by molar-refractivity contribution is 5.91. The maximum atomic E-state index is 13.2. The minimum absolute atomic E-state index is 0.0178. The molecule has 112 valence electrons. The van der Waals surface area contributed by atoms with Crippen LogP contribution in [-0.4, -0.2) is 24.3 Å². The highest BCUT2D eigenvalue weighted by Crippen LogP contribution is 2.24. The molecule has 0 saturated heterocycles. The van der Waals surface area contributed by atoms with Crippen molar-refractivity contribution in [3.8, 4) is 5.75 Å². The first-order chi connectivity index (χ1) is 9.31. The number of halogens is 1. The Hall–Kier alpha value is -1.78. The number of para-hydroxylation sites is 2. The van der Waals surface area contributed by atoms with E-state index in [0.717, 1.165) is 0 Å². The van der Waals surface area contributed by atoms with E-state index in [1.165, 1.54) is 0 Å². The maximum Gasteiger partial charge on any atom is 0.319 e. The molecule has 0 aliphatic heterocycles. The summed E-state index contributed by atoms with van der Waals surface area (Å²) in [6.07, 6.45) is -0.605. The molecule has 0 saturated carbocycles. The summed E-state index contributed by atoms with van der Waals surface area (Å²) in [7, 11) is 0. The van der Waals surface area contributed by atoms with Crippen molar-refractivity contribution in [3.05, 3.63) is 24.3 Å². The number of alkyl halides is 1. The first-order valence-corrected chi connectivity index (χ1v) is 6.77. The number of nitrogens with one attached hydrogen (secondary N) is 2. The molecule has 1 unspecified atom stereocenters. The van der Waals surface area contributed by atoms with Gasteiger partial charge in [0.1, 0.15) is 18.5 Å². The largest absolute Gasteiger partial charge is 0.488 e. The van der Waals surface area contributed by atoms with Gasteiger partial charge in [-0.25, -0.2) is 9.18 Å². The van der Waals surface area contributed by atoms with Crippen LogP contribution in [0.25, 0.3) is 0 Å². The summed E-state index contributed by atoms with van der Waals surface area (Å²) in [6.45, 7) is 7.42. The van der Waals surface area contributed by atoms with Crippen LogP contribution in [0.15, 0.2) is 24.3 Å². The van der Waals surface area contributed by atoms with Crippen LogP contribution in [0.3, 0.4) is 0 Å². The van der Waals surface area contributed by atoms with Crippen LogP contribution >= 0.6 is 0 Å². The fourth-order valence-corrected chi connectivity index (χ4v) is 1.49. The highest BCUT2D eigenvalue weighted by Gasteiger charge is 2.15. The molecule has 0 aliphatic carbocycles. The lowest BCUT2D eigenvalue weighted by Crippen LogP contribution is -2.43. The first-order valence-electron chi connectivity index (χ1n) is 6.77. The molecule has 4 nitrogen and oxygen atoms in total. The van der Waals surface area contributed by atoms with Gasteiger partial charge in [0.25, 0.3) is 0 Å². The van der Waals surface area contributed by atoms with E-state index in [0.29, 0.717) is 17.9 Å². The number of carbonyl (C=O) groups excluding carboxylic acids is 1. The summed E-state index contributed by atoms with van der Waals surface area (Å²) in [4.78, 5) is 11.8. The molecule has 1 atom stereocenters. The minimum Gasteiger partial charge on any atom is -0.488 e. The van der Waals surface area contributed by atoms with Gasteiger partial charge in [-0.1, -0.05) is 19.1 Å². The van der Waals surface area contributed by atoms with E-state index in [2.05, 4.69) is 10.6 Å². The molecule has 1 aromatic rings. The van der Waals surface area contributed by atoms with E-state index in [4.69, 9.17) is 4.74 Å². The molecule has 0 aliphatic rings. The van der Waals surface area contributed by atoms with E-state index in [1.807, 2.05) is 20.8 Å². The van der Waals surface area contributed by atoms with Crippen LogP contribution in [0.4, 0.5) is 14.9 Å². The number of amides is 2. The Morgan fingerprint density at radius 2 is 2.00 bits per heavy atom. The number of hydrogen-bond donors (Lipinski definition) is 2. The summed E-state index contributed by atoms with van der Waals surface area (Å²) >= 11 is 0. The van der Waals surface area contributed by atoms with Gasteiger partial charge >= 0.3 is 6.03 Å². The third-order valence-corrected chi connectivity index (χ3v) is 2.49. The van der Waals surface area contributed by atoms with Crippen molar-refractivity contribution >= 4 is 11.7 Å². The van der Waals surface area contributed by atoms with E-state index in [9.17, 15) is 9.18 Å². The lowest BCUT2D eigenvalue weighted by molar-refractivity contribution is 0.192. The molecule has 0 aromatic heterocycles. The summed E-state index contributed by atoms with van der Waals surface area (Å²) < 4.78 is 18.6. The van der Waals surface area contributed by atoms with E-state index < -0.39 is 6.17 Å². The first kappa shape index (κ1) is 16.3. The highest BCUT2D eigenvalue weighted by atomic mass is 19.1. The van der Waals surface area contributed by atoms with Gasteiger partial charge in [-0.3, -0.25) is 0 Å². The third-order valence-electron chi connectivity index (χ3n) is 2.49. The molecule has 0 bridgehead atoms. The Morgan fingerprint density at radius 3 is 2.60 bits per heavy atom. The summed E-state index contributed by atoms with van der Waals surface area (Å²) in [5, 5.41) is 5.50. The zero-order chi connectivity index (χ0) is 15.2. The van der Waals surface area contributed by atoms with Crippen molar-refractivity contribution < 1.29 is 13.9 Å². The molecule has 0 radical (unpaired) electrons. The molecule has 20 heavy (non-hydrogen) atoms. The number of ether oxygens (including phenoxy) is 1. The average molecular weight is 282 g/mol. The normalized spacial score (nSPS) is 12.7. The lowest BCUT2D eigenvalue weighted by Gasteiger charge is -2.21. The van der Waals surface area contributed by atoms with Crippen LogP contribution in [0, 0.1) is 0 Å². The Kier molecular flexibility index (Phi) is 5.80. The van der Waals surface area contributed by atoms with E-state index >= 15 is 0 Å². The van der Waals surface area contributed by atoms with Gasteiger partial charge in [-0.2, -0.15) is 0 Å². The molecular formula is C15H23FN2O2. The second-order valence-corrected chi connectivity index (χ2v) is 5.64. The number of anilines is 1. The van der Waals surface area contributed by atoms with Gasteiger partial charge in [0.05, 0.1) is 5.69 Å². The third kappa shape index (κ3) is 5.91. The molecule has 2 N–H and O–H groups in total. The SMILES string of the molecule is CCC(F)COc1ccccc1NC(=O)NC(C)(C)C. The van der Waals surface area contributed by atoms with Gasteiger partial charge in [0.15, 0.2) is 0 Å². The van der Waals surface area contributed by atoms with Gasteiger partial charge in [-0.05, 0) is 39.3 Å². The van der Waals surface area contributed by atoms with Crippen LogP contribution in [-0.2, 0) is 0 Å². The Bertz CT molecular complexity index is 444. The zero-order valence-electron chi connectivity index (χ0n) is 12.5. The van der Waals surface area contributed by atoms with Crippen molar-refractivity contribution in [2.24, 2.45) is 0 Å². The molecule has 0 heterocycles. The molecule has 1 rings (SSSR count). The zero-order valence-corrected chi connectivity index (χ0v) is 12.5. The predicted octanol–water partition coefficient (Wildman–Crippen LogP) is 3.73. The molecular weight excluding hydrogens is 259 g/mol. The van der Waals surface area contributed by atoms with Crippen LogP contribution in [0.1, 0.15) is 34.1 Å². The van der Waals surface area contributed by atoms with Crippen LogP contribution < -0.4 is 15.4 Å². The quantitative estimate of drug-likeness (QED) is 0.864. The maximum absolute atomic E-state index is 13.2. The second-order valence-electron chi connectivity index (χ2n) is 5.64. The molecule has 2 amide bonds. The molecule has 0 fully saturated rings. The topological polar surface area (TPSA) is 50.4 Å². The van der Waals surface area contributed by atoms with Crippen LogP contribution in [0.5, 0.6) is 5.75 Å². The fraction of sp³-hybridized carbons (Fsp3) is 0.533. The summed E-state index contributed by atoms with van der Waals surface area (Å²) in [5.41, 5.74) is 0.198. The Labute approximate surface area is 119 Å². The standard InChI is InChI=1S/C15H23FN2O2/c1-5-11(16)10-20-13-9-7-6-8-12(13)17-14(19)18-15(2,3)4/h6-9,11H,5,10H2,1-4H3,(H2,17,18,19). The Morgan fingerprint density at radius 1 is 1.35 bits per heavy atom. The summed E-state index contributed by atoms with van der Waals surface area (Å²) in [6, 6.07) is 6.67. The van der Waals surface area contributed by atoms with E-state index in [1.54, 1.807) is 31.2 Å². The van der Waals surface area contributed by atoms with Crippen molar-refractivity contribution in [2.75, 3.05) is 11.9 Å². The monoisotopic (exact) mass is 282 g/mol. The Balaban J connectivity index is 2.68. The minimum atomic E-state index is -1.01. The number of carbonyl (C=O) groups is 1.